The molecule has 0 aliphatic heterocycles. The lowest BCUT2D eigenvalue weighted by atomic mass is 10.2. The van der Waals surface area contributed by atoms with Crippen molar-refractivity contribution in [1.82, 2.24) is 14.8 Å². The van der Waals surface area contributed by atoms with Crippen LogP contribution in [0.25, 0.3) is 11.0 Å². The predicted octanol–water partition coefficient (Wildman–Crippen LogP) is 0.806. The molecule has 2 heterocycles. The summed E-state index contributed by atoms with van der Waals surface area (Å²) in [7, 11) is 1.52. The highest BCUT2D eigenvalue weighted by Gasteiger charge is 2.15. The highest BCUT2D eigenvalue weighted by molar-refractivity contribution is 5.99. The Morgan fingerprint density at radius 1 is 1.57 bits per heavy atom. The van der Waals surface area contributed by atoms with Gasteiger partial charge in [0.1, 0.15) is 0 Å². The number of carboxylic acids is 1. The predicted molar refractivity (Wildman–Crippen MR) is 45.4 cm³/mol. The molecular formula is C8H6FN3O2. The number of hydrogen-bond donors (Lipinski definition) is 1. The third kappa shape index (κ3) is 1.12. The molecule has 0 fully saturated rings. The zero-order chi connectivity index (χ0) is 10.3. The van der Waals surface area contributed by atoms with Crippen molar-refractivity contribution >= 4 is 17.0 Å². The van der Waals surface area contributed by atoms with Gasteiger partial charge in [0.05, 0.1) is 5.39 Å². The molecule has 2 aromatic rings. The number of aryl methyl sites for hydroxylation is 1. The van der Waals surface area contributed by atoms with Gasteiger partial charge >= 0.3 is 5.97 Å². The van der Waals surface area contributed by atoms with E-state index in [-0.39, 0.29) is 11.3 Å². The van der Waals surface area contributed by atoms with Gasteiger partial charge in [-0.05, 0) is 12.1 Å². The molecule has 6 heteroatoms. The molecule has 0 unspecified atom stereocenters. The van der Waals surface area contributed by atoms with Crippen molar-refractivity contribution in [3.05, 3.63) is 23.8 Å². The van der Waals surface area contributed by atoms with Crippen LogP contribution in [0.4, 0.5) is 4.39 Å². The number of aromatic nitrogens is 3. The SMILES string of the molecule is Cn1nc(C(=O)O)c2ccc(F)nc21. The van der Waals surface area contributed by atoms with E-state index in [4.69, 9.17) is 5.11 Å². The molecule has 0 spiro atoms. The number of nitrogens with zero attached hydrogens (tertiary/aromatic N) is 3. The molecule has 72 valence electrons. The average molecular weight is 195 g/mol. The molecule has 0 aliphatic carbocycles. The Balaban J connectivity index is 2.84. The summed E-state index contributed by atoms with van der Waals surface area (Å²) in [5.74, 6) is -1.80. The fourth-order valence-corrected chi connectivity index (χ4v) is 1.27. The number of aromatic carboxylic acids is 1. The fraction of sp³-hybridized carbons (Fsp3) is 0.125. The van der Waals surface area contributed by atoms with Crippen LogP contribution in [0.15, 0.2) is 12.1 Å². The third-order valence-corrected chi connectivity index (χ3v) is 1.86. The van der Waals surface area contributed by atoms with Gasteiger partial charge in [-0.15, -0.1) is 0 Å². The highest BCUT2D eigenvalue weighted by atomic mass is 19.1. The van der Waals surface area contributed by atoms with E-state index in [1.165, 1.54) is 17.8 Å². The van der Waals surface area contributed by atoms with Gasteiger partial charge in [-0.1, -0.05) is 0 Å². The minimum Gasteiger partial charge on any atom is -0.476 e. The Hall–Kier alpha value is -1.98. The van der Waals surface area contributed by atoms with Crippen LogP contribution in [0.1, 0.15) is 10.5 Å². The first-order valence-electron chi connectivity index (χ1n) is 3.82. The van der Waals surface area contributed by atoms with Gasteiger partial charge in [0.2, 0.25) is 5.95 Å². The summed E-state index contributed by atoms with van der Waals surface area (Å²) in [5, 5.41) is 12.8. The monoisotopic (exact) mass is 195 g/mol. The van der Waals surface area contributed by atoms with Crippen molar-refractivity contribution < 1.29 is 14.3 Å². The Morgan fingerprint density at radius 3 is 2.93 bits per heavy atom. The third-order valence-electron chi connectivity index (χ3n) is 1.86. The van der Waals surface area contributed by atoms with Crippen LogP contribution in [0.2, 0.25) is 0 Å². The first-order chi connectivity index (χ1) is 6.59. The van der Waals surface area contributed by atoms with Gasteiger partial charge in [-0.25, -0.2) is 9.48 Å². The van der Waals surface area contributed by atoms with Crippen molar-refractivity contribution in [2.45, 2.75) is 0 Å². The van der Waals surface area contributed by atoms with E-state index in [0.717, 1.165) is 6.07 Å². The van der Waals surface area contributed by atoms with Crippen molar-refractivity contribution in [2.24, 2.45) is 7.05 Å². The van der Waals surface area contributed by atoms with Gasteiger partial charge in [-0.2, -0.15) is 14.5 Å². The number of rotatable bonds is 1. The minimum absolute atomic E-state index is 0.116. The van der Waals surface area contributed by atoms with E-state index < -0.39 is 11.9 Å². The lowest BCUT2D eigenvalue weighted by Gasteiger charge is -1.91. The van der Waals surface area contributed by atoms with E-state index >= 15 is 0 Å². The molecule has 0 saturated carbocycles. The number of carboxylic acid groups (broad SMARTS) is 1. The Morgan fingerprint density at radius 2 is 2.29 bits per heavy atom. The van der Waals surface area contributed by atoms with E-state index in [0.29, 0.717) is 5.39 Å². The van der Waals surface area contributed by atoms with E-state index in [1.54, 1.807) is 0 Å². The van der Waals surface area contributed by atoms with Gasteiger partial charge in [0.25, 0.3) is 0 Å². The maximum Gasteiger partial charge on any atom is 0.357 e. The van der Waals surface area contributed by atoms with Gasteiger partial charge in [0.15, 0.2) is 11.3 Å². The van der Waals surface area contributed by atoms with Crippen molar-refractivity contribution in [3.63, 3.8) is 0 Å². The Labute approximate surface area is 77.8 Å². The van der Waals surface area contributed by atoms with Gasteiger partial charge < -0.3 is 5.11 Å². The quantitative estimate of drug-likeness (QED) is 0.683. The standard InChI is InChI=1S/C8H6FN3O2/c1-12-7-4(2-3-5(9)10-7)6(11-12)8(13)14/h2-3H,1H3,(H,13,14). The molecule has 2 aromatic heterocycles. The fourth-order valence-electron chi connectivity index (χ4n) is 1.27. The summed E-state index contributed by atoms with van der Waals surface area (Å²) in [6.07, 6.45) is 0. The molecule has 14 heavy (non-hydrogen) atoms. The smallest absolute Gasteiger partial charge is 0.357 e. The molecule has 0 amide bonds. The summed E-state index contributed by atoms with van der Waals surface area (Å²) in [4.78, 5) is 14.3. The second kappa shape index (κ2) is 2.76. The number of fused-ring (bicyclic) bond motifs is 1. The van der Waals surface area contributed by atoms with Gasteiger partial charge in [-0.3, -0.25) is 0 Å². The van der Waals surface area contributed by atoms with Crippen LogP contribution in [0, 0.1) is 5.95 Å². The average Bonchev–Trinajstić information content (AvgIpc) is 2.44. The number of carbonyl (C=O) groups is 1. The molecule has 5 nitrogen and oxygen atoms in total. The lowest BCUT2D eigenvalue weighted by Crippen LogP contribution is -1.99. The van der Waals surface area contributed by atoms with Crippen molar-refractivity contribution in [3.8, 4) is 0 Å². The normalized spacial score (nSPS) is 10.7. The van der Waals surface area contributed by atoms with Crippen LogP contribution >= 0.6 is 0 Å². The molecular weight excluding hydrogens is 189 g/mol. The number of hydrogen-bond acceptors (Lipinski definition) is 3. The van der Waals surface area contributed by atoms with Crippen LogP contribution in [0.5, 0.6) is 0 Å². The minimum atomic E-state index is -1.15. The summed E-state index contributed by atoms with van der Waals surface area (Å²) < 4.78 is 14.0. The summed E-state index contributed by atoms with van der Waals surface area (Å²) in [6, 6.07) is 2.46. The summed E-state index contributed by atoms with van der Waals surface area (Å²) >= 11 is 0. The van der Waals surface area contributed by atoms with E-state index in [2.05, 4.69) is 10.1 Å². The zero-order valence-corrected chi connectivity index (χ0v) is 7.23. The number of pyridine rings is 1. The van der Waals surface area contributed by atoms with Crippen molar-refractivity contribution in [2.75, 3.05) is 0 Å². The van der Waals surface area contributed by atoms with Crippen LogP contribution in [0.3, 0.4) is 0 Å². The molecule has 1 N–H and O–H groups in total. The highest BCUT2D eigenvalue weighted by Crippen LogP contribution is 2.15. The van der Waals surface area contributed by atoms with E-state index in [9.17, 15) is 9.18 Å². The van der Waals surface area contributed by atoms with Crippen LogP contribution in [-0.2, 0) is 7.05 Å². The zero-order valence-electron chi connectivity index (χ0n) is 7.23. The molecule has 0 aliphatic rings. The topological polar surface area (TPSA) is 68.0 Å². The summed E-state index contributed by atoms with van der Waals surface area (Å²) in [6.45, 7) is 0. The Kier molecular flexibility index (Phi) is 1.70. The maximum atomic E-state index is 12.7. The van der Waals surface area contributed by atoms with Crippen LogP contribution < -0.4 is 0 Å². The van der Waals surface area contributed by atoms with Crippen molar-refractivity contribution in [1.29, 1.82) is 0 Å². The molecule has 0 aromatic carbocycles. The van der Waals surface area contributed by atoms with Crippen LogP contribution in [-0.4, -0.2) is 25.8 Å². The number of halogens is 1. The molecule has 0 radical (unpaired) electrons. The first kappa shape index (κ1) is 8.61. The molecule has 0 saturated heterocycles. The molecule has 2 rings (SSSR count). The molecule has 0 bridgehead atoms. The van der Waals surface area contributed by atoms with E-state index in [1.807, 2.05) is 0 Å². The largest absolute Gasteiger partial charge is 0.476 e. The lowest BCUT2D eigenvalue weighted by molar-refractivity contribution is 0.0691. The van der Waals surface area contributed by atoms with Gasteiger partial charge in [0, 0.05) is 7.05 Å². The summed E-state index contributed by atoms with van der Waals surface area (Å²) in [5.41, 5.74) is 0.109. The first-order valence-corrected chi connectivity index (χ1v) is 3.82. The Bertz CT molecular complexity index is 521. The molecule has 0 atom stereocenters. The second-order valence-electron chi connectivity index (χ2n) is 2.78. The maximum absolute atomic E-state index is 12.7. The second-order valence-corrected chi connectivity index (χ2v) is 2.78.